The molecular formula is C15H23NO3S. The first-order valence-electron chi connectivity index (χ1n) is 7.00. The van der Waals surface area contributed by atoms with Crippen LogP contribution in [0.5, 0.6) is 0 Å². The predicted octanol–water partition coefficient (Wildman–Crippen LogP) is 2.53. The van der Waals surface area contributed by atoms with Gasteiger partial charge in [0.1, 0.15) is 0 Å². The van der Waals surface area contributed by atoms with Gasteiger partial charge in [-0.2, -0.15) is 0 Å². The zero-order valence-corrected chi connectivity index (χ0v) is 13.1. The summed E-state index contributed by atoms with van der Waals surface area (Å²) < 4.78 is 27.7. The summed E-state index contributed by atoms with van der Waals surface area (Å²) in [6, 6.07) is 6.77. The van der Waals surface area contributed by atoms with Crippen molar-refractivity contribution >= 4 is 10.0 Å². The van der Waals surface area contributed by atoms with Crippen LogP contribution >= 0.6 is 0 Å². The van der Waals surface area contributed by atoms with Crippen LogP contribution in [-0.4, -0.2) is 19.1 Å². The largest absolute Gasteiger partial charge is 0.385 e. The lowest BCUT2D eigenvalue weighted by atomic mass is 9.92. The topological polar surface area (TPSA) is 66.4 Å². The Morgan fingerprint density at radius 1 is 1.15 bits per heavy atom. The molecule has 0 unspecified atom stereocenters. The summed E-state index contributed by atoms with van der Waals surface area (Å²) in [5, 5.41) is 10.7. The monoisotopic (exact) mass is 297 g/mol. The van der Waals surface area contributed by atoms with E-state index in [-0.39, 0.29) is 4.90 Å². The molecule has 2 rings (SSSR count). The molecule has 1 fully saturated rings. The van der Waals surface area contributed by atoms with Gasteiger partial charge in [0, 0.05) is 11.1 Å². The lowest BCUT2D eigenvalue weighted by Gasteiger charge is -2.27. The summed E-state index contributed by atoms with van der Waals surface area (Å²) in [6.45, 7) is 5.41. The quantitative estimate of drug-likeness (QED) is 0.901. The second kappa shape index (κ2) is 5.13. The van der Waals surface area contributed by atoms with Gasteiger partial charge in [-0.3, -0.25) is 0 Å². The molecule has 112 valence electrons. The van der Waals surface area contributed by atoms with Gasteiger partial charge in [-0.15, -0.1) is 0 Å². The van der Waals surface area contributed by atoms with Gasteiger partial charge in [-0.25, -0.2) is 13.1 Å². The number of hydrogen-bond acceptors (Lipinski definition) is 3. The van der Waals surface area contributed by atoms with E-state index in [0.717, 1.165) is 12.8 Å². The highest BCUT2D eigenvalue weighted by Crippen LogP contribution is 2.41. The second-order valence-electron chi connectivity index (χ2n) is 6.59. The van der Waals surface area contributed by atoms with Crippen molar-refractivity contribution in [2.24, 2.45) is 0 Å². The van der Waals surface area contributed by atoms with Crippen molar-refractivity contribution in [2.75, 3.05) is 0 Å². The molecule has 0 amide bonds. The van der Waals surface area contributed by atoms with Crippen LogP contribution in [0, 0.1) is 0 Å². The molecule has 5 heteroatoms. The Hall–Kier alpha value is -0.910. The van der Waals surface area contributed by atoms with E-state index >= 15 is 0 Å². The van der Waals surface area contributed by atoms with Gasteiger partial charge in [-0.1, -0.05) is 31.0 Å². The second-order valence-corrected chi connectivity index (χ2v) is 8.24. The van der Waals surface area contributed by atoms with Crippen LogP contribution in [0.1, 0.15) is 52.0 Å². The van der Waals surface area contributed by atoms with Crippen molar-refractivity contribution in [1.29, 1.82) is 0 Å². The summed E-state index contributed by atoms with van der Waals surface area (Å²) in [4.78, 5) is 0.194. The molecule has 0 aliphatic heterocycles. The van der Waals surface area contributed by atoms with Crippen LogP contribution in [0.25, 0.3) is 0 Å². The van der Waals surface area contributed by atoms with E-state index in [4.69, 9.17) is 0 Å². The van der Waals surface area contributed by atoms with Crippen LogP contribution in [0.4, 0.5) is 0 Å². The molecule has 0 radical (unpaired) electrons. The molecule has 0 saturated heterocycles. The van der Waals surface area contributed by atoms with Crippen LogP contribution in [0.2, 0.25) is 0 Å². The highest BCUT2D eigenvalue weighted by molar-refractivity contribution is 7.89. The Bertz CT molecular complexity index is 581. The van der Waals surface area contributed by atoms with E-state index < -0.39 is 21.2 Å². The molecule has 1 aliphatic carbocycles. The Balaban J connectivity index is 2.48. The van der Waals surface area contributed by atoms with E-state index in [1.807, 2.05) is 0 Å². The summed E-state index contributed by atoms with van der Waals surface area (Å²) in [7, 11) is -3.63. The minimum atomic E-state index is -3.63. The first-order valence-corrected chi connectivity index (χ1v) is 8.48. The van der Waals surface area contributed by atoms with E-state index in [1.54, 1.807) is 45.0 Å². The van der Waals surface area contributed by atoms with Crippen molar-refractivity contribution in [3.63, 3.8) is 0 Å². The van der Waals surface area contributed by atoms with Crippen LogP contribution in [0.15, 0.2) is 29.2 Å². The minimum Gasteiger partial charge on any atom is -0.385 e. The average molecular weight is 297 g/mol. The molecule has 0 bridgehead atoms. The Morgan fingerprint density at radius 3 is 2.25 bits per heavy atom. The van der Waals surface area contributed by atoms with Gasteiger partial charge in [0.2, 0.25) is 10.0 Å². The number of benzene rings is 1. The first-order chi connectivity index (χ1) is 9.14. The molecule has 1 aliphatic rings. The SMILES string of the molecule is CC(C)(C)NS(=O)(=O)c1ccccc1C1(O)CCCC1. The summed E-state index contributed by atoms with van der Waals surface area (Å²) in [6.07, 6.45) is 3.10. The number of hydrogen-bond donors (Lipinski definition) is 2. The molecule has 0 spiro atoms. The molecule has 1 aromatic rings. The van der Waals surface area contributed by atoms with Crippen molar-refractivity contribution in [3.05, 3.63) is 29.8 Å². The Kier molecular flexibility index (Phi) is 3.97. The van der Waals surface area contributed by atoms with E-state index in [2.05, 4.69) is 4.72 Å². The van der Waals surface area contributed by atoms with Crippen molar-refractivity contribution in [3.8, 4) is 0 Å². The van der Waals surface area contributed by atoms with Gasteiger partial charge in [0.15, 0.2) is 0 Å². The van der Waals surface area contributed by atoms with Gasteiger partial charge in [-0.05, 0) is 39.7 Å². The maximum Gasteiger partial charge on any atom is 0.241 e. The van der Waals surface area contributed by atoms with Crippen LogP contribution in [0.3, 0.4) is 0 Å². The highest BCUT2D eigenvalue weighted by Gasteiger charge is 2.37. The molecule has 1 aromatic carbocycles. The molecule has 2 N–H and O–H groups in total. The van der Waals surface area contributed by atoms with Gasteiger partial charge in [0.25, 0.3) is 0 Å². The van der Waals surface area contributed by atoms with Gasteiger partial charge >= 0.3 is 0 Å². The van der Waals surface area contributed by atoms with E-state index in [9.17, 15) is 13.5 Å². The number of rotatable bonds is 3. The summed E-state index contributed by atoms with van der Waals surface area (Å²) in [5.74, 6) is 0. The summed E-state index contributed by atoms with van der Waals surface area (Å²) in [5.41, 5.74) is -1.04. The normalized spacial score (nSPS) is 19.2. The minimum absolute atomic E-state index is 0.194. The molecule has 20 heavy (non-hydrogen) atoms. The third kappa shape index (κ3) is 3.22. The average Bonchev–Trinajstić information content (AvgIpc) is 2.74. The molecule has 0 atom stereocenters. The maximum atomic E-state index is 12.5. The fraction of sp³-hybridized carbons (Fsp3) is 0.600. The zero-order valence-electron chi connectivity index (χ0n) is 12.3. The van der Waals surface area contributed by atoms with Crippen LogP contribution < -0.4 is 4.72 Å². The highest BCUT2D eigenvalue weighted by atomic mass is 32.2. The molecule has 0 aromatic heterocycles. The fourth-order valence-electron chi connectivity index (χ4n) is 2.77. The standard InChI is InChI=1S/C15H23NO3S/c1-14(2,3)16-20(18,19)13-9-5-4-8-12(13)15(17)10-6-7-11-15/h4-5,8-9,16-17H,6-7,10-11H2,1-3H3. The molecule has 4 nitrogen and oxygen atoms in total. The Labute approximate surface area is 121 Å². The predicted molar refractivity (Wildman–Crippen MR) is 78.9 cm³/mol. The lowest BCUT2D eigenvalue weighted by Crippen LogP contribution is -2.41. The van der Waals surface area contributed by atoms with E-state index in [1.165, 1.54) is 0 Å². The van der Waals surface area contributed by atoms with Crippen molar-refractivity contribution in [2.45, 2.75) is 62.5 Å². The van der Waals surface area contributed by atoms with Crippen LogP contribution in [-0.2, 0) is 15.6 Å². The third-order valence-corrected chi connectivity index (χ3v) is 5.37. The maximum absolute atomic E-state index is 12.5. The summed E-state index contributed by atoms with van der Waals surface area (Å²) >= 11 is 0. The number of aliphatic hydroxyl groups is 1. The van der Waals surface area contributed by atoms with Gasteiger partial charge in [0.05, 0.1) is 10.5 Å². The number of nitrogens with one attached hydrogen (secondary N) is 1. The van der Waals surface area contributed by atoms with E-state index in [0.29, 0.717) is 18.4 Å². The van der Waals surface area contributed by atoms with Crippen molar-refractivity contribution in [1.82, 2.24) is 4.72 Å². The van der Waals surface area contributed by atoms with Crippen molar-refractivity contribution < 1.29 is 13.5 Å². The van der Waals surface area contributed by atoms with Gasteiger partial charge < -0.3 is 5.11 Å². The third-order valence-electron chi connectivity index (χ3n) is 3.55. The molecule has 1 saturated carbocycles. The lowest BCUT2D eigenvalue weighted by molar-refractivity contribution is 0.0415. The smallest absolute Gasteiger partial charge is 0.241 e. The fourth-order valence-corrected chi connectivity index (χ4v) is 4.49. The molecular weight excluding hydrogens is 274 g/mol. The molecule has 0 heterocycles. The zero-order chi connectivity index (χ0) is 15.0. The number of sulfonamides is 1. The Morgan fingerprint density at radius 2 is 1.70 bits per heavy atom. The first kappa shape index (κ1) is 15.5.